The van der Waals surface area contributed by atoms with E-state index in [-0.39, 0.29) is 5.91 Å². The van der Waals surface area contributed by atoms with E-state index in [1.54, 1.807) is 0 Å². The van der Waals surface area contributed by atoms with Crippen molar-refractivity contribution >= 4 is 5.91 Å². The molecule has 0 aromatic carbocycles. The van der Waals surface area contributed by atoms with Gasteiger partial charge in [-0.25, -0.2) is 0 Å². The predicted octanol–water partition coefficient (Wildman–Crippen LogP) is 1.16. The van der Waals surface area contributed by atoms with Crippen LogP contribution < -0.4 is 5.32 Å². The normalized spacial score (nSPS) is 21.4. The van der Waals surface area contributed by atoms with Gasteiger partial charge in [-0.2, -0.15) is 0 Å². The highest BCUT2D eigenvalue weighted by atomic mass is 16.2. The second-order valence-corrected chi connectivity index (χ2v) is 4.73. The van der Waals surface area contributed by atoms with Gasteiger partial charge in [-0.3, -0.25) is 4.79 Å². The average molecular weight is 208 g/mol. The predicted molar refractivity (Wildman–Crippen MR) is 60.5 cm³/mol. The van der Waals surface area contributed by atoms with Crippen molar-refractivity contribution in [3.05, 3.63) is 11.6 Å². The Kier molecular flexibility index (Phi) is 3.41. The lowest BCUT2D eigenvalue weighted by Gasteiger charge is -2.26. The van der Waals surface area contributed by atoms with E-state index in [0.717, 1.165) is 32.0 Å². The Labute approximate surface area is 91.5 Å². The minimum Gasteiger partial charge on any atom is -0.337 e. The Morgan fingerprint density at radius 2 is 2.40 bits per heavy atom. The minimum atomic E-state index is 0.253. The highest BCUT2D eigenvalue weighted by molar-refractivity contribution is 5.78. The topological polar surface area (TPSA) is 32.3 Å². The molecular weight excluding hydrogens is 188 g/mol. The van der Waals surface area contributed by atoms with Gasteiger partial charge in [0.05, 0.1) is 6.54 Å². The van der Waals surface area contributed by atoms with Crippen LogP contribution in [0.3, 0.4) is 0 Å². The molecule has 2 rings (SSSR count). The van der Waals surface area contributed by atoms with Crippen LogP contribution in [0, 0.1) is 5.92 Å². The molecule has 1 amide bonds. The van der Waals surface area contributed by atoms with E-state index in [0.29, 0.717) is 6.54 Å². The Morgan fingerprint density at radius 3 is 3.07 bits per heavy atom. The molecule has 0 unspecified atom stereocenters. The molecule has 1 N–H and O–H groups in total. The SMILES string of the molecule is CC1=CCCN(C(=O)CNCC2CC2)C1. The van der Waals surface area contributed by atoms with Crippen LogP contribution >= 0.6 is 0 Å². The van der Waals surface area contributed by atoms with Gasteiger partial charge in [0, 0.05) is 13.1 Å². The fourth-order valence-corrected chi connectivity index (χ4v) is 1.94. The highest BCUT2D eigenvalue weighted by Gasteiger charge is 2.21. The first-order valence-corrected chi connectivity index (χ1v) is 5.90. The third kappa shape index (κ3) is 3.34. The molecule has 15 heavy (non-hydrogen) atoms. The van der Waals surface area contributed by atoms with Crippen LogP contribution in [0.15, 0.2) is 11.6 Å². The summed E-state index contributed by atoms with van der Waals surface area (Å²) in [5, 5.41) is 3.25. The maximum absolute atomic E-state index is 11.8. The molecule has 2 aliphatic rings. The molecule has 3 nitrogen and oxygen atoms in total. The zero-order valence-electron chi connectivity index (χ0n) is 9.46. The molecule has 0 aromatic heterocycles. The van der Waals surface area contributed by atoms with Crippen molar-refractivity contribution in [3.63, 3.8) is 0 Å². The maximum atomic E-state index is 11.8. The minimum absolute atomic E-state index is 0.253. The number of nitrogens with zero attached hydrogens (tertiary/aromatic N) is 1. The van der Waals surface area contributed by atoms with Crippen LogP contribution in [0.5, 0.6) is 0 Å². The molecule has 0 bridgehead atoms. The van der Waals surface area contributed by atoms with Crippen molar-refractivity contribution in [1.82, 2.24) is 10.2 Å². The Bertz CT molecular complexity index is 269. The maximum Gasteiger partial charge on any atom is 0.236 e. The zero-order chi connectivity index (χ0) is 10.7. The van der Waals surface area contributed by atoms with Gasteiger partial charge in [0.1, 0.15) is 0 Å². The molecule has 0 atom stereocenters. The second kappa shape index (κ2) is 4.79. The number of carbonyl (C=O) groups excluding carboxylic acids is 1. The van der Waals surface area contributed by atoms with Gasteiger partial charge in [-0.05, 0) is 38.6 Å². The van der Waals surface area contributed by atoms with E-state index < -0.39 is 0 Å². The lowest BCUT2D eigenvalue weighted by atomic mass is 10.1. The molecule has 0 spiro atoms. The summed E-state index contributed by atoms with van der Waals surface area (Å²) < 4.78 is 0. The number of hydrogen-bond donors (Lipinski definition) is 1. The number of carbonyl (C=O) groups is 1. The van der Waals surface area contributed by atoms with Gasteiger partial charge in [0.25, 0.3) is 0 Å². The van der Waals surface area contributed by atoms with Crippen LogP contribution in [0.1, 0.15) is 26.2 Å². The summed E-state index contributed by atoms with van der Waals surface area (Å²) in [6.07, 6.45) is 5.92. The molecule has 1 heterocycles. The molecule has 0 saturated heterocycles. The standard InChI is InChI=1S/C12H20N2O/c1-10-3-2-6-14(9-10)12(15)8-13-7-11-4-5-11/h3,11,13H,2,4-9H2,1H3. The summed E-state index contributed by atoms with van der Waals surface area (Å²) in [6.45, 7) is 5.35. The van der Waals surface area contributed by atoms with Gasteiger partial charge in [0.2, 0.25) is 5.91 Å². The van der Waals surface area contributed by atoms with Gasteiger partial charge in [-0.1, -0.05) is 11.6 Å². The van der Waals surface area contributed by atoms with Crippen LogP contribution in [-0.4, -0.2) is 37.0 Å². The molecule has 1 fully saturated rings. The zero-order valence-corrected chi connectivity index (χ0v) is 9.46. The summed E-state index contributed by atoms with van der Waals surface area (Å²) >= 11 is 0. The van der Waals surface area contributed by atoms with Gasteiger partial charge < -0.3 is 10.2 Å². The smallest absolute Gasteiger partial charge is 0.236 e. The molecule has 0 aromatic rings. The van der Waals surface area contributed by atoms with Crippen LogP contribution in [0.2, 0.25) is 0 Å². The Morgan fingerprint density at radius 1 is 1.60 bits per heavy atom. The number of nitrogens with one attached hydrogen (secondary N) is 1. The summed E-state index contributed by atoms with van der Waals surface area (Å²) in [4.78, 5) is 13.7. The van der Waals surface area contributed by atoms with E-state index in [2.05, 4.69) is 18.3 Å². The summed E-state index contributed by atoms with van der Waals surface area (Å²) in [5.41, 5.74) is 1.32. The molecule has 3 heteroatoms. The van der Waals surface area contributed by atoms with Crippen LogP contribution in [0.25, 0.3) is 0 Å². The molecule has 84 valence electrons. The molecule has 1 saturated carbocycles. The fraction of sp³-hybridized carbons (Fsp3) is 0.750. The highest BCUT2D eigenvalue weighted by Crippen LogP contribution is 2.27. The first-order chi connectivity index (χ1) is 7.25. The Hall–Kier alpha value is -0.830. The molecule has 1 aliphatic heterocycles. The van der Waals surface area contributed by atoms with E-state index in [1.165, 1.54) is 18.4 Å². The largest absolute Gasteiger partial charge is 0.337 e. The summed E-state index contributed by atoms with van der Waals surface area (Å²) in [7, 11) is 0. The fourth-order valence-electron chi connectivity index (χ4n) is 1.94. The third-order valence-electron chi connectivity index (χ3n) is 3.09. The van der Waals surface area contributed by atoms with Crippen LogP contribution in [-0.2, 0) is 4.79 Å². The van der Waals surface area contributed by atoms with E-state index >= 15 is 0 Å². The number of rotatable bonds is 4. The van der Waals surface area contributed by atoms with Crippen molar-refractivity contribution in [1.29, 1.82) is 0 Å². The summed E-state index contributed by atoms with van der Waals surface area (Å²) in [5.74, 6) is 1.10. The second-order valence-electron chi connectivity index (χ2n) is 4.73. The van der Waals surface area contributed by atoms with Gasteiger partial charge in [0.15, 0.2) is 0 Å². The Balaban J connectivity index is 1.67. The molecular formula is C12H20N2O. The number of hydrogen-bond acceptors (Lipinski definition) is 2. The molecule has 0 radical (unpaired) electrons. The van der Waals surface area contributed by atoms with Gasteiger partial charge in [-0.15, -0.1) is 0 Å². The van der Waals surface area contributed by atoms with Crippen molar-refractivity contribution in [2.24, 2.45) is 5.92 Å². The first kappa shape index (κ1) is 10.7. The van der Waals surface area contributed by atoms with Crippen molar-refractivity contribution in [2.75, 3.05) is 26.2 Å². The van der Waals surface area contributed by atoms with E-state index in [1.807, 2.05) is 4.90 Å². The quantitative estimate of drug-likeness (QED) is 0.703. The lowest BCUT2D eigenvalue weighted by molar-refractivity contribution is -0.130. The first-order valence-electron chi connectivity index (χ1n) is 5.90. The van der Waals surface area contributed by atoms with E-state index in [4.69, 9.17) is 0 Å². The summed E-state index contributed by atoms with van der Waals surface area (Å²) in [6, 6.07) is 0. The van der Waals surface area contributed by atoms with Crippen molar-refractivity contribution in [2.45, 2.75) is 26.2 Å². The third-order valence-corrected chi connectivity index (χ3v) is 3.09. The van der Waals surface area contributed by atoms with E-state index in [9.17, 15) is 4.79 Å². The number of amides is 1. The van der Waals surface area contributed by atoms with Crippen molar-refractivity contribution < 1.29 is 4.79 Å². The monoisotopic (exact) mass is 208 g/mol. The molecule has 1 aliphatic carbocycles. The average Bonchev–Trinajstić information content (AvgIpc) is 3.01. The van der Waals surface area contributed by atoms with Crippen molar-refractivity contribution in [3.8, 4) is 0 Å². The lowest BCUT2D eigenvalue weighted by Crippen LogP contribution is -2.41. The van der Waals surface area contributed by atoms with Gasteiger partial charge >= 0.3 is 0 Å². The van der Waals surface area contributed by atoms with Crippen LogP contribution in [0.4, 0.5) is 0 Å².